The van der Waals surface area contributed by atoms with Crippen LogP contribution in [-0.2, 0) is 23.6 Å². The number of ether oxygens (including phenoxy) is 2. The van der Waals surface area contributed by atoms with Crippen molar-refractivity contribution in [1.82, 2.24) is 10.1 Å². The first-order chi connectivity index (χ1) is 19.8. The number of aliphatic hydroxyl groups is 1. The maximum Gasteiger partial charge on any atom is 0.151 e. The summed E-state index contributed by atoms with van der Waals surface area (Å²) in [5.74, 6) is 1.60. The van der Waals surface area contributed by atoms with Gasteiger partial charge in [0.15, 0.2) is 5.82 Å². The van der Waals surface area contributed by atoms with Gasteiger partial charge >= 0.3 is 0 Å². The van der Waals surface area contributed by atoms with Crippen molar-refractivity contribution in [2.24, 2.45) is 11.8 Å². The van der Waals surface area contributed by atoms with E-state index in [1.807, 2.05) is 38.1 Å². The average molecular weight is 574 g/mol. The van der Waals surface area contributed by atoms with Gasteiger partial charge in [-0.3, -0.25) is 0 Å². The molecule has 0 aliphatic heterocycles. The van der Waals surface area contributed by atoms with Gasteiger partial charge in [-0.25, -0.2) is 9.37 Å². The summed E-state index contributed by atoms with van der Waals surface area (Å²) in [7, 11) is 0. The molecule has 0 spiro atoms. The molecule has 0 amide bonds. The third kappa shape index (κ3) is 4.62. The highest BCUT2D eigenvalue weighted by Gasteiger charge is 2.56. The van der Waals surface area contributed by atoms with Crippen molar-refractivity contribution in [2.45, 2.75) is 83.2 Å². The van der Waals surface area contributed by atoms with Crippen LogP contribution in [0.25, 0.3) is 10.2 Å². The molecule has 212 valence electrons. The molecule has 2 unspecified atom stereocenters. The van der Waals surface area contributed by atoms with E-state index in [4.69, 9.17) is 14.0 Å². The topological polar surface area (TPSA) is 101 Å². The number of nitriles is 1. The highest BCUT2D eigenvalue weighted by molar-refractivity contribution is 7.18. The molecule has 9 heteroatoms. The predicted molar refractivity (Wildman–Crippen MR) is 151 cm³/mol. The zero-order valence-electron chi connectivity index (χ0n) is 23.2. The van der Waals surface area contributed by atoms with Crippen molar-refractivity contribution in [3.05, 3.63) is 74.9 Å². The lowest BCUT2D eigenvalue weighted by Crippen LogP contribution is -2.44. The van der Waals surface area contributed by atoms with Crippen molar-refractivity contribution in [2.75, 3.05) is 0 Å². The number of hydrogen-bond donors (Lipinski definition) is 1. The van der Waals surface area contributed by atoms with Crippen LogP contribution in [0.4, 0.5) is 4.39 Å². The summed E-state index contributed by atoms with van der Waals surface area (Å²) in [6, 6.07) is 11.0. The lowest BCUT2D eigenvalue weighted by atomic mass is 9.73. The monoisotopic (exact) mass is 573 g/mol. The van der Waals surface area contributed by atoms with Gasteiger partial charge < -0.3 is 19.1 Å². The fourth-order valence-corrected chi connectivity index (χ4v) is 8.14. The number of fused-ring (bicyclic) bond motifs is 3. The molecule has 0 radical (unpaired) electrons. The van der Waals surface area contributed by atoms with Gasteiger partial charge in [-0.05, 0) is 87.5 Å². The Morgan fingerprint density at radius 1 is 1.12 bits per heavy atom. The number of nitrogens with zero attached hydrogens (tertiary/aromatic N) is 3. The van der Waals surface area contributed by atoms with Crippen molar-refractivity contribution in [3.8, 4) is 11.8 Å². The van der Waals surface area contributed by atoms with E-state index >= 15 is 0 Å². The maximum atomic E-state index is 14.6. The van der Waals surface area contributed by atoms with Gasteiger partial charge in [0, 0.05) is 11.5 Å². The Morgan fingerprint density at radius 3 is 2.54 bits per heavy atom. The Morgan fingerprint density at radius 2 is 1.85 bits per heavy atom. The molecule has 2 bridgehead atoms. The zero-order chi connectivity index (χ0) is 28.3. The number of rotatable bonds is 8. The minimum absolute atomic E-state index is 0.0154. The van der Waals surface area contributed by atoms with E-state index in [1.54, 1.807) is 6.07 Å². The van der Waals surface area contributed by atoms with Crippen LogP contribution in [0.2, 0.25) is 0 Å². The molecule has 7 nitrogen and oxygen atoms in total. The predicted octanol–water partition coefficient (Wildman–Crippen LogP) is 6.96. The normalized spacial score (nSPS) is 25.5. The summed E-state index contributed by atoms with van der Waals surface area (Å²) in [6.07, 6.45) is 5.33. The first kappa shape index (κ1) is 26.6. The van der Waals surface area contributed by atoms with Crippen LogP contribution in [-0.4, -0.2) is 21.4 Å². The van der Waals surface area contributed by atoms with Crippen LogP contribution in [0, 0.1) is 42.8 Å². The van der Waals surface area contributed by atoms with Gasteiger partial charge in [0.2, 0.25) is 0 Å². The van der Waals surface area contributed by atoms with Crippen molar-refractivity contribution >= 4 is 21.6 Å². The standard InChI is InChI=1S/C32H32FN3O4S/c1-17-4-3-5-18(2)29(17)39-16-26-24(30(40-36-26)20-6-7-20)15-38-23-12-21-8-9-22(13-23)32(21,37)31-35-28-25(33)10-19(14-34)11-27(28)41-31/h3-5,10-11,20-23,37H,6-9,12-13,15-16H2,1-2H3. The van der Waals surface area contributed by atoms with E-state index in [0.717, 1.165) is 59.6 Å². The lowest BCUT2D eigenvalue weighted by molar-refractivity contribution is -0.116. The summed E-state index contributed by atoms with van der Waals surface area (Å²) < 4.78 is 33.8. The largest absolute Gasteiger partial charge is 0.487 e. The van der Waals surface area contributed by atoms with E-state index in [2.05, 4.69) is 10.1 Å². The Hall–Kier alpha value is -3.32. The second-order valence-electron chi connectivity index (χ2n) is 11.9. The van der Waals surface area contributed by atoms with Crippen LogP contribution in [0.1, 0.15) is 83.2 Å². The quantitative estimate of drug-likeness (QED) is 0.243. The molecular weight excluding hydrogens is 541 g/mol. The van der Waals surface area contributed by atoms with E-state index < -0.39 is 11.4 Å². The number of thiazole rings is 1. The second kappa shape index (κ2) is 10.2. The molecule has 3 aliphatic carbocycles. The van der Waals surface area contributed by atoms with E-state index in [0.29, 0.717) is 41.7 Å². The highest BCUT2D eigenvalue weighted by atomic mass is 32.1. The number of halogens is 1. The second-order valence-corrected chi connectivity index (χ2v) is 12.9. The molecule has 1 N–H and O–H groups in total. The minimum Gasteiger partial charge on any atom is -0.487 e. The summed E-state index contributed by atoms with van der Waals surface area (Å²) in [4.78, 5) is 4.55. The number of aromatic nitrogens is 2. The average Bonchev–Trinajstić information content (AvgIpc) is 3.54. The van der Waals surface area contributed by atoms with E-state index in [9.17, 15) is 14.8 Å². The van der Waals surface area contributed by atoms with Gasteiger partial charge in [0.05, 0.1) is 29.0 Å². The van der Waals surface area contributed by atoms with Crippen LogP contribution in [0.5, 0.6) is 5.75 Å². The van der Waals surface area contributed by atoms with Gasteiger partial charge in [-0.2, -0.15) is 5.26 Å². The zero-order valence-corrected chi connectivity index (χ0v) is 24.0. The van der Waals surface area contributed by atoms with E-state index in [1.165, 1.54) is 17.4 Å². The van der Waals surface area contributed by atoms with Gasteiger partial charge in [0.25, 0.3) is 0 Å². The third-order valence-electron chi connectivity index (χ3n) is 9.20. The number of benzene rings is 2. The minimum atomic E-state index is -1.11. The van der Waals surface area contributed by atoms with Crippen molar-refractivity contribution < 1.29 is 23.5 Å². The fraction of sp³-hybridized carbons (Fsp3) is 0.469. The van der Waals surface area contributed by atoms with Crippen LogP contribution in [0.3, 0.4) is 0 Å². The molecule has 41 heavy (non-hydrogen) atoms. The fourth-order valence-electron chi connectivity index (χ4n) is 6.87. The lowest BCUT2D eigenvalue weighted by Gasteiger charge is -2.41. The van der Waals surface area contributed by atoms with Crippen LogP contribution < -0.4 is 4.74 Å². The third-order valence-corrected chi connectivity index (χ3v) is 10.3. The molecule has 3 aliphatic rings. The highest BCUT2D eigenvalue weighted by Crippen LogP contribution is 2.57. The van der Waals surface area contributed by atoms with Crippen molar-refractivity contribution in [1.29, 1.82) is 5.26 Å². The Labute approximate surface area is 241 Å². The molecule has 2 heterocycles. The summed E-state index contributed by atoms with van der Waals surface area (Å²) >= 11 is 1.30. The molecule has 2 aromatic heterocycles. The molecule has 2 atom stereocenters. The molecule has 3 saturated carbocycles. The number of hydrogen-bond acceptors (Lipinski definition) is 8. The van der Waals surface area contributed by atoms with Crippen LogP contribution in [0.15, 0.2) is 34.9 Å². The van der Waals surface area contributed by atoms with Crippen molar-refractivity contribution in [3.63, 3.8) is 0 Å². The summed E-state index contributed by atoms with van der Waals surface area (Å²) in [5.41, 5.74) is 3.31. The maximum absolute atomic E-state index is 14.6. The summed E-state index contributed by atoms with van der Waals surface area (Å²) in [6.45, 7) is 4.79. The van der Waals surface area contributed by atoms with Gasteiger partial charge in [-0.1, -0.05) is 23.4 Å². The van der Waals surface area contributed by atoms with E-state index in [-0.39, 0.29) is 29.0 Å². The van der Waals surface area contributed by atoms with Gasteiger partial charge in [0.1, 0.15) is 39.9 Å². The number of aryl methyl sites for hydroxylation is 2. The first-order valence-electron chi connectivity index (χ1n) is 14.4. The Balaban J connectivity index is 1.07. The number of para-hydroxylation sites is 1. The Bertz CT molecular complexity index is 1640. The van der Waals surface area contributed by atoms with Crippen LogP contribution >= 0.6 is 11.3 Å². The molecule has 0 saturated heterocycles. The SMILES string of the molecule is Cc1cccc(C)c1OCc1noc(C2CC2)c1COC1CC2CCC(C1)C2(O)c1nc2c(F)cc(C#N)cc2s1. The molecule has 3 fully saturated rings. The smallest absolute Gasteiger partial charge is 0.151 e. The summed E-state index contributed by atoms with van der Waals surface area (Å²) in [5, 5.41) is 26.1. The Kier molecular flexibility index (Phi) is 6.61. The van der Waals surface area contributed by atoms with Gasteiger partial charge in [-0.15, -0.1) is 11.3 Å². The first-order valence-corrected chi connectivity index (χ1v) is 15.2. The molecular formula is C32H32FN3O4S. The molecule has 7 rings (SSSR count). The molecule has 4 aromatic rings. The molecule has 2 aromatic carbocycles.